The monoisotopic (exact) mass is 419 g/mol. The minimum atomic E-state index is -4.81. The van der Waals surface area contributed by atoms with E-state index in [0.29, 0.717) is 6.54 Å². The number of halogens is 3. The van der Waals surface area contributed by atoms with Gasteiger partial charge in [0.1, 0.15) is 12.1 Å². The molecule has 0 spiro atoms. The lowest BCUT2D eigenvalue weighted by atomic mass is 10.1. The van der Waals surface area contributed by atoms with Crippen molar-refractivity contribution < 1.29 is 22.8 Å². The Balaban J connectivity index is 1.78. The molecular weight excluding hydrogens is 403 g/mol. The number of nitrogens with one attached hydrogen (secondary N) is 2. The molecule has 0 aliphatic heterocycles. The van der Waals surface area contributed by atoms with Crippen LogP contribution in [0.1, 0.15) is 11.1 Å². The van der Waals surface area contributed by atoms with Gasteiger partial charge in [-0.25, -0.2) is 9.97 Å². The maximum atomic E-state index is 12.3. The van der Waals surface area contributed by atoms with Gasteiger partial charge in [-0.3, -0.25) is 10.1 Å². The van der Waals surface area contributed by atoms with Crippen LogP contribution in [0.5, 0.6) is 5.75 Å². The lowest BCUT2D eigenvalue weighted by molar-refractivity contribution is -0.383. The number of aryl methyl sites for hydroxylation is 1. The molecule has 30 heavy (non-hydrogen) atoms. The Kier molecular flexibility index (Phi) is 6.00. The predicted octanol–water partition coefficient (Wildman–Crippen LogP) is 4.95. The Hall–Kier alpha value is -3.89. The highest BCUT2D eigenvalue weighted by molar-refractivity contribution is 5.73. The van der Waals surface area contributed by atoms with E-state index in [4.69, 9.17) is 0 Å². The zero-order chi connectivity index (χ0) is 21.7. The summed E-state index contributed by atoms with van der Waals surface area (Å²) >= 11 is 0. The third-order valence-corrected chi connectivity index (χ3v) is 3.94. The molecule has 2 aromatic carbocycles. The summed E-state index contributed by atoms with van der Waals surface area (Å²) in [6, 6.07) is 12.4. The van der Waals surface area contributed by atoms with E-state index in [1.54, 1.807) is 0 Å². The molecule has 0 aliphatic rings. The molecule has 156 valence electrons. The average molecular weight is 419 g/mol. The molecule has 0 radical (unpaired) electrons. The number of hydrogen-bond acceptors (Lipinski definition) is 7. The van der Waals surface area contributed by atoms with E-state index in [-0.39, 0.29) is 23.0 Å². The van der Waals surface area contributed by atoms with E-state index in [0.717, 1.165) is 29.6 Å². The molecule has 0 unspecified atom stereocenters. The van der Waals surface area contributed by atoms with Gasteiger partial charge in [-0.2, -0.15) is 0 Å². The number of aromatic nitrogens is 2. The van der Waals surface area contributed by atoms with E-state index < -0.39 is 17.0 Å². The number of alkyl halides is 3. The SMILES string of the molecule is Cc1ccc(CNc2ncnc(Nc3ccc(OC(F)(F)F)cc3)c2[N+](=O)[O-])cc1. The molecule has 0 fully saturated rings. The van der Waals surface area contributed by atoms with Gasteiger partial charge < -0.3 is 15.4 Å². The quantitative estimate of drug-likeness (QED) is 0.413. The fourth-order valence-corrected chi connectivity index (χ4v) is 2.54. The van der Waals surface area contributed by atoms with Gasteiger partial charge in [0.15, 0.2) is 0 Å². The Morgan fingerprint density at radius 1 is 1.03 bits per heavy atom. The van der Waals surface area contributed by atoms with E-state index in [2.05, 4.69) is 25.3 Å². The lowest BCUT2D eigenvalue weighted by Crippen LogP contribution is -2.17. The average Bonchev–Trinajstić information content (AvgIpc) is 2.68. The second kappa shape index (κ2) is 8.64. The first kappa shape index (κ1) is 20.8. The van der Waals surface area contributed by atoms with Gasteiger partial charge in [-0.15, -0.1) is 13.2 Å². The van der Waals surface area contributed by atoms with Crippen LogP contribution in [0.15, 0.2) is 54.9 Å². The lowest BCUT2D eigenvalue weighted by Gasteiger charge is -2.11. The van der Waals surface area contributed by atoms with Gasteiger partial charge in [-0.1, -0.05) is 29.8 Å². The molecule has 1 aromatic heterocycles. The topological polar surface area (TPSA) is 102 Å². The molecule has 0 aliphatic carbocycles. The van der Waals surface area contributed by atoms with E-state index in [9.17, 15) is 23.3 Å². The summed E-state index contributed by atoms with van der Waals surface area (Å²) in [7, 11) is 0. The molecule has 11 heteroatoms. The van der Waals surface area contributed by atoms with Crippen LogP contribution in [0.2, 0.25) is 0 Å². The van der Waals surface area contributed by atoms with Crippen LogP contribution in [-0.2, 0) is 6.54 Å². The number of benzene rings is 2. The predicted molar refractivity (Wildman–Crippen MR) is 104 cm³/mol. The third kappa shape index (κ3) is 5.56. The van der Waals surface area contributed by atoms with Gasteiger partial charge in [0, 0.05) is 12.2 Å². The number of anilines is 3. The van der Waals surface area contributed by atoms with Crippen LogP contribution in [0.3, 0.4) is 0 Å². The van der Waals surface area contributed by atoms with E-state index in [1.807, 2.05) is 31.2 Å². The number of nitro groups is 1. The zero-order valence-electron chi connectivity index (χ0n) is 15.6. The number of nitrogens with zero attached hydrogens (tertiary/aromatic N) is 3. The zero-order valence-corrected chi connectivity index (χ0v) is 15.6. The first-order valence-electron chi connectivity index (χ1n) is 8.63. The van der Waals surface area contributed by atoms with E-state index >= 15 is 0 Å². The van der Waals surface area contributed by atoms with Crippen LogP contribution in [-0.4, -0.2) is 21.3 Å². The normalized spacial score (nSPS) is 11.1. The Morgan fingerprint density at radius 3 is 2.27 bits per heavy atom. The van der Waals surface area contributed by atoms with Crippen molar-refractivity contribution in [1.82, 2.24) is 9.97 Å². The Labute approximate surface area is 168 Å². The standard InChI is InChI=1S/C19H16F3N5O3/c1-12-2-4-13(5-3-12)10-23-17-16(27(28)29)18(25-11-24-17)26-14-6-8-15(9-7-14)30-19(20,21)22/h2-9,11H,10H2,1H3,(H2,23,24,25,26). The molecule has 3 rings (SSSR count). The van der Waals surface area contributed by atoms with Gasteiger partial charge in [0.05, 0.1) is 4.92 Å². The summed E-state index contributed by atoms with van der Waals surface area (Å²) in [5.74, 6) is -0.508. The van der Waals surface area contributed by atoms with Gasteiger partial charge >= 0.3 is 12.0 Å². The van der Waals surface area contributed by atoms with E-state index in [1.165, 1.54) is 12.1 Å². The smallest absolute Gasteiger partial charge is 0.406 e. The van der Waals surface area contributed by atoms with Crippen LogP contribution >= 0.6 is 0 Å². The molecule has 2 N–H and O–H groups in total. The molecule has 3 aromatic rings. The molecule has 0 bridgehead atoms. The summed E-state index contributed by atoms with van der Waals surface area (Å²) in [6.07, 6.45) is -3.66. The minimum absolute atomic E-state index is 0.00935. The number of rotatable bonds is 7. The maximum Gasteiger partial charge on any atom is 0.573 e. The highest BCUT2D eigenvalue weighted by atomic mass is 19.4. The maximum absolute atomic E-state index is 12.3. The van der Waals surface area contributed by atoms with Crippen molar-refractivity contribution in [2.24, 2.45) is 0 Å². The van der Waals surface area contributed by atoms with Crippen LogP contribution in [0, 0.1) is 17.0 Å². The van der Waals surface area contributed by atoms with Crippen LogP contribution < -0.4 is 15.4 Å². The first-order chi connectivity index (χ1) is 14.2. The summed E-state index contributed by atoms with van der Waals surface area (Å²) in [5, 5.41) is 17.2. The van der Waals surface area contributed by atoms with Gasteiger partial charge in [-0.05, 0) is 36.8 Å². The fourth-order valence-electron chi connectivity index (χ4n) is 2.54. The molecule has 0 saturated heterocycles. The molecular formula is C19H16F3N5O3. The van der Waals surface area contributed by atoms with Crippen molar-refractivity contribution in [2.75, 3.05) is 10.6 Å². The summed E-state index contributed by atoms with van der Waals surface area (Å²) in [4.78, 5) is 18.8. The molecule has 0 amide bonds. The highest BCUT2D eigenvalue weighted by Crippen LogP contribution is 2.32. The second-order valence-electron chi connectivity index (χ2n) is 6.21. The van der Waals surface area contributed by atoms with Crippen molar-refractivity contribution in [3.05, 3.63) is 76.1 Å². The van der Waals surface area contributed by atoms with Crippen LogP contribution in [0.4, 0.5) is 36.2 Å². The molecule has 8 nitrogen and oxygen atoms in total. The highest BCUT2D eigenvalue weighted by Gasteiger charge is 2.31. The molecule has 0 atom stereocenters. The van der Waals surface area contributed by atoms with Gasteiger partial charge in [0.25, 0.3) is 0 Å². The van der Waals surface area contributed by atoms with Crippen molar-refractivity contribution in [1.29, 1.82) is 0 Å². The summed E-state index contributed by atoms with van der Waals surface area (Å²) in [6.45, 7) is 2.26. The van der Waals surface area contributed by atoms with Crippen molar-refractivity contribution in [2.45, 2.75) is 19.8 Å². The molecule has 0 saturated carbocycles. The van der Waals surface area contributed by atoms with Crippen molar-refractivity contribution >= 4 is 23.0 Å². The number of hydrogen-bond donors (Lipinski definition) is 2. The summed E-state index contributed by atoms with van der Waals surface area (Å²) in [5.41, 5.74) is 1.89. The number of ether oxygens (including phenoxy) is 1. The second-order valence-corrected chi connectivity index (χ2v) is 6.21. The third-order valence-electron chi connectivity index (χ3n) is 3.94. The first-order valence-corrected chi connectivity index (χ1v) is 8.63. The molecule has 1 heterocycles. The summed E-state index contributed by atoms with van der Waals surface area (Å²) < 4.78 is 40.6. The van der Waals surface area contributed by atoms with Crippen molar-refractivity contribution in [3.8, 4) is 5.75 Å². The van der Waals surface area contributed by atoms with Gasteiger partial charge in [0.2, 0.25) is 11.6 Å². The largest absolute Gasteiger partial charge is 0.573 e. The fraction of sp³-hybridized carbons (Fsp3) is 0.158. The van der Waals surface area contributed by atoms with Crippen LogP contribution in [0.25, 0.3) is 0 Å². The Morgan fingerprint density at radius 2 is 1.67 bits per heavy atom. The Bertz CT molecular complexity index is 1030. The minimum Gasteiger partial charge on any atom is -0.406 e. The van der Waals surface area contributed by atoms with Crippen molar-refractivity contribution in [3.63, 3.8) is 0 Å².